The number of fused-ring (bicyclic) bond motifs is 1. The Kier molecular flexibility index (Phi) is 6.30. The van der Waals surface area contributed by atoms with E-state index in [-0.39, 0.29) is 17.6 Å². The molecule has 0 aliphatic carbocycles. The lowest BCUT2D eigenvalue weighted by atomic mass is 9.94. The van der Waals surface area contributed by atoms with Gasteiger partial charge in [0, 0.05) is 36.9 Å². The monoisotopic (exact) mass is 485 g/mol. The molecule has 186 valence electrons. The fourth-order valence-corrected chi connectivity index (χ4v) is 5.07. The molecule has 1 saturated heterocycles. The molecule has 3 aromatic heterocycles. The fourth-order valence-electron chi connectivity index (χ4n) is 5.07. The van der Waals surface area contributed by atoms with E-state index in [1.807, 2.05) is 36.6 Å². The summed E-state index contributed by atoms with van der Waals surface area (Å²) in [4.78, 5) is 43.5. The zero-order chi connectivity index (χ0) is 25.3. The second-order valence-electron chi connectivity index (χ2n) is 10.2. The highest BCUT2D eigenvalue weighted by Gasteiger charge is 2.26. The number of amides is 1. The van der Waals surface area contributed by atoms with E-state index < -0.39 is 5.54 Å². The molecule has 0 spiro atoms. The summed E-state index contributed by atoms with van der Waals surface area (Å²) in [5.74, 6) is 0.502. The molecule has 36 heavy (non-hydrogen) atoms. The third kappa shape index (κ3) is 5.00. The third-order valence-electron chi connectivity index (χ3n) is 6.71. The number of pyridine rings is 1. The largest absolute Gasteiger partial charge is 0.356 e. The maximum atomic E-state index is 13.1. The van der Waals surface area contributed by atoms with Gasteiger partial charge < -0.3 is 10.2 Å². The van der Waals surface area contributed by atoms with Crippen molar-refractivity contribution in [3.05, 3.63) is 82.3 Å². The second kappa shape index (κ2) is 9.56. The van der Waals surface area contributed by atoms with E-state index in [2.05, 4.69) is 55.3 Å². The Bertz CT molecular complexity index is 1450. The molecule has 4 aromatic rings. The number of nitrogens with zero attached hydrogens (tertiary/aromatic N) is 5. The first-order valence-electron chi connectivity index (χ1n) is 12.3. The number of aromatic amines is 1. The molecule has 1 fully saturated rings. The second-order valence-corrected chi connectivity index (χ2v) is 10.2. The van der Waals surface area contributed by atoms with Gasteiger partial charge in [-0.15, -0.1) is 0 Å². The van der Waals surface area contributed by atoms with Crippen molar-refractivity contribution in [3.8, 4) is 0 Å². The van der Waals surface area contributed by atoms with Gasteiger partial charge in [-0.2, -0.15) is 0 Å². The predicted molar refractivity (Wildman–Crippen MR) is 139 cm³/mol. The molecule has 9 nitrogen and oxygen atoms in total. The number of hydrogen-bond donors (Lipinski definition) is 2. The number of aromatic nitrogens is 5. The summed E-state index contributed by atoms with van der Waals surface area (Å²) in [6, 6.07) is 13.9. The van der Waals surface area contributed by atoms with Crippen LogP contribution in [0.4, 0.5) is 5.82 Å². The highest BCUT2D eigenvalue weighted by Crippen LogP contribution is 2.27. The average Bonchev–Trinajstić information content (AvgIpc) is 3.19. The van der Waals surface area contributed by atoms with Crippen LogP contribution in [-0.4, -0.2) is 49.0 Å². The number of carbonyl (C=O) groups is 1. The predicted octanol–water partition coefficient (Wildman–Crippen LogP) is 3.42. The van der Waals surface area contributed by atoms with E-state index in [1.165, 1.54) is 17.5 Å². The third-order valence-corrected chi connectivity index (χ3v) is 6.71. The molecule has 0 radical (unpaired) electrons. The van der Waals surface area contributed by atoms with Gasteiger partial charge in [-0.1, -0.05) is 29.8 Å². The number of aryl methyl sites for hydroxylation is 1. The molecule has 9 heteroatoms. The summed E-state index contributed by atoms with van der Waals surface area (Å²) in [7, 11) is 0. The topological polar surface area (TPSA) is 109 Å². The zero-order valence-electron chi connectivity index (χ0n) is 20.9. The number of H-pyrrole nitrogens is 1. The van der Waals surface area contributed by atoms with Crippen LogP contribution in [0.15, 0.2) is 59.8 Å². The first-order valence-corrected chi connectivity index (χ1v) is 12.3. The normalized spacial score (nSPS) is 14.8. The molecule has 5 rings (SSSR count). The Morgan fingerprint density at radius 2 is 1.92 bits per heavy atom. The maximum absolute atomic E-state index is 13.1. The number of imidazole rings is 1. The van der Waals surface area contributed by atoms with E-state index in [0.717, 1.165) is 37.3 Å². The van der Waals surface area contributed by atoms with Crippen molar-refractivity contribution >= 4 is 22.9 Å². The minimum Gasteiger partial charge on any atom is -0.356 e. The molecular formula is C27H31N7O2. The molecule has 1 amide bonds. The first-order chi connectivity index (χ1) is 17.3. The Hall–Kier alpha value is -4.01. The molecule has 0 atom stereocenters. The maximum Gasteiger partial charge on any atom is 0.327 e. The highest BCUT2D eigenvalue weighted by atomic mass is 16.2. The van der Waals surface area contributed by atoms with Crippen molar-refractivity contribution in [2.45, 2.75) is 51.6 Å². The van der Waals surface area contributed by atoms with E-state index in [1.54, 1.807) is 12.3 Å². The molecule has 1 aliphatic heterocycles. The smallest absolute Gasteiger partial charge is 0.327 e. The van der Waals surface area contributed by atoms with Crippen molar-refractivity contribution < 1.29 is 4.79 Å². The number of piperidine rings is 1. The van der Waals surface area contributed by atoms with Crippen LogP contribution >= 0.6 is 0 Å². The number of hydrogen-bond acceptors (Lipinski definition) is 6. The van der Waals surface area contributed by atoms with Gasteiger partial charge in [0.05, 0.1) is 5.52 Å². The Morgan fingerprint density at radius 3 is 2.69 bits per heavy atom. The molecule has 1 aliphatic rings. The lowest BCUT2D eigenvalue weighted by molar-refractivity contribution is 0.0907. The molecule has 0 bridgehead atoms. The summed E-state index contributed by atoms with van der Waals surface area (Å²) >= 11 is 0. The van der Waals surface area contributed by atoms with Gasteiger partial charge in [0.15, 0.2) is 5.65 Å². The molecule has 2 N–H and O–H groups in total. The quantitative estimate of drug-likeness (QED) is 0.433. The van der Waals surface area contributed by atoms with Crippen molar-refractivity contribution in [1.82, 2.24) is 29.8 Å². The summed E-state index contributed by atoms with van der Waals surface area (Å²) in [6.45, 7) is 7.54. The van der Waals surface area contributed by atoms with Gasteiger partial charge in [0.2, 0.25) is 0 Å². The molecule has 0 saturated carbocycles. The van der Waals surface area contributed by atoms with Gasteiger partial charge in [-0.25, -0.2) is 19.7 Å². The lowest BCUT2D eigenvalue weighted by Crippen LogP contribution is -2.45. The minimum absolute atomic E-state index is 0.0822. The summed E-state index contributed by atoms with van der Waals surface area (Å²) < 4.78 is 1.81. The van der Waals surface area contributed by atoms with E-state index in [4.69, 9.17) is 0 Å². The van der Waals surface area contributed by atoms with Crippen molar-refractivity contribution in [2.75, 3.05) is 18.0 Å². The van der Waals surface area contributed by atoms with Crippen LogP contribution in [-0.2, 0) is 6.42 Å². The number of benzene rings is 1. The lowest BCUT2D eigenvalue weighted by Gasteiger charge is -2.33. The van der Waals surface area contributed by atoms with Crippen molar-refractivity contribution in [2.24, 2.45) is 0 Å². The number of rotatable bonds is 6. The van der Waals surface area contributed by atoms with Crippen molar-refractivity contribution in [3.63, 3.8) is 0 Å². The molecule has 1 aromatic carbocycles. The van der Waals surface area contributed by atoms with Crippen molar-refractivity contribution in [1.29, 1.82) is 0 Å². The van der Waals surface area contributed by atoms with Crippen LogP contribution in [0.5, 0.6) is 0 Å². The Labute approximate surface area is 209 Å². The standard InChI is InChI=1S/C27H31N7O2/c1-18-6-4-7-19(14-18)16-27(2,3)32-25(35)21-15-23(30-17-29-21)33-12-9-20(10-13-33)34-22-8-5-11-28-24(22)31-26(34)36/h4-8,11,14-15,17,20H,9-10,12-13,16H2,1-3H3,(H,32,35)(H,28,31,36). The summed E-state index contributed by atoms with van der Waals surface area (Å²) in [6.07, 6.45) is 5.42. The fraction of sp³-hybridized carbons (Fsp3) is 0.370. The van der Waals surface area contributed by atoms with Crippen LogP contribution in [0.3, 0.4) is 0 Å². The van der Waals surface area contributed by atoms with Crippen LogP contribution in [0, 0.1) is 6.92 Å². The van der Waals surface area contributed by atoms with Crippen LogP contribution in [0.1, 0.15) is 54.3 Å². The Morgan fingerprint density at radius 1 is 1.11 bits per heavy atom. The number of carbonyl (C=O) groups excluding carboxylic acids is 1. The van der Waals surface area contributed by atoms with Gasteiger partial charge in [-0.3, -0.25) is 14.3 Å². The van der Waals surface area contributed by atoms with Gasteiger partial charge >= 0.3 is 5.69 Å². The van der Waals surface area contributed by atoms with E-state index >= 15 is 0 Å². The number of anilines is 1. The summed E-state index contributed by atoms with van der Waals surface area (Å²) in [5.41, 5.74) is 3.60. The van der Waals surface area contributed by atoms with Crippen LogP contribution in [0.25, 0.3) is 11.2 Å². The molecule has 4 heterocycles. The molecular weight excluding hydrogens is 454 g/mol. The Balaban J connectivity index is 1.25. The average molecular weight is 486 g/mol. The van der Waals surface area contributed by atoms with E-state index in [0.29, 0.717) is 17.8 Å². The molecule has 0 unspecified atom stereocenters. The van der Waals surface area contributed by atoms with Crippen LogP contribution < -0.4 is 15.9 Å². The number of nitrogens with one attached hydrogen (secondary N) is 2. The first kappa shape index (κ1) is 23.7. The van der Waals surface area contributed by atoms with Gasteiger partial charge in [-0.05, 0) is 57.7 Å². The van der Waals surface area contributed by atoms with Gasteiger partial charge in [0.1, 0.15) is 17.8 Å². The summed E-state index contributed by atoms with van der Waals surface area (Å²) in [5, 5.41) is 3.12. The van der Waals surface area contributed by atoms with Gasteiger partial charge in [0.25, 0.3) is 5.91 Å². The SMILES string of the molecule is Cc1cccc(CC(C)(C)NC(=O)c2cc(N3CCC(n4c(=O)[nH]c5ncccc54)CC3)ncn2)c1. The minimum atomic E-state index is -0.435. The van der Waals surface area contributed by atoms with Crippen LogP contribution in [0.2, 0.25) is 0 Å². The zero-order valence-corrected chi connectivity index (χ0v) is 20.9. The highest BCUT2D eigenvalue weighted by molar-refractivity contribution is 5.93. The van der Waals surface area contributed by atoms with E-state index in [9.17, 15) is 9.59 Å².